The van der Waals surface area contributed by atoms with E-state index in [0.29, 0.717) is 53.2 Å². The Bertz CT molecular complexity index is 1000. The molecule has 6 nitrogen and oxygen atoms in total. The van der Waals surface area contributed by atoms with Crippen LogP contribution >= 0.6 is 23.4 Å². The van der Waals surface area contributed by atoms with Gasteiger partial charge in [-0.3, -0.25) is 14.9 Å². The number of hydrogen-bond donors (Lipinski definition) is 1. The van der Waals surface area contributed by atoms with Gasteiger partial charge in [-0.15, -0.1) is 0 Å². The summed E-state index contributed by atoms with van der Waals surface area (Å²) in [4.78, 5) is 23.4. The highest BCUT2D eigenvalue weighted by Gasteiger charge is 2.25. The van der Waals surface area contributed by atoms with Crippen LogP contribution in [0.25, 0.3) is 6.08 Å². The summed E-state index contributed by atoms with van der Waals surface area (Å²) < 4.78 is 17.4. The summed E-state index contributed by atoms with van der Waals surface area (Å²) in [5.41, 5.74) is 2.96. The first-order valence-corrected chi connectivity index (χ1v) is 11.1. The third-order valence-corrected chi connectivity index (χ3v) is 5.36. The largest absolute Gasteiger partial charge is 0.493 e. The number of hydrogen-bond acceptors (Lipinski definition) is 6. The zero-order valence-electron chi connectivity index (χ0n) is 17.6. The number of benzene rings is 2. The van der Waals surface area contributed by atoms with Crippen molar-refractivity contribution in [1.29, 1.82) is 0 Å². The first-order valence-electron chi connectivity index (χ1n) is 9.91. The highest BCUT2D eigenvalue weighted by molar-refractivity contribution is 8.18. The zero-order valence-corrected chi connectivity index (χ0v) is 19.2. The number of imide groups is 1. The van der Waals surface area contributed by atoms with Crippen molar-refractivity contribution in [2.24, 2.45) is 0 Å². The molecule has 1 saturated heterocycles. The fourth-order valence-corrected chi connectivity index (χ4v) is 4.04. The molecule has 0 spiro atoms. The summed E-state index contributed by atoms with van der Waals surface area (Å²) >= 11 is 7.27. The van der Waals surface area contributed by atoms with E-state index in [9.17, 15) is 9.59 Å². The predicted octanol–water partition coefficient (Wildman–Crippen LogP) is 5.53. The van der Waals surface area contributed by atoms with Crippen LogP contribution in [0.2, 0.25) is 5.02 Å². The summed E-state index contributed by atoms with van der Waals surface area (Å²) in [6.45, 7) is 7.27. The van der Waals surface area contributed by atoms with Gasteiger partial charge >= 0.3 is 0 Å². The maximum Gasteiger partial charge on any atom is 0.290 e. The first-order chi connectivity index (χ1) is 14.9. The van der Waals surface area contributed by atoms with Crippen LogP contribution in [-0.4, -0.2) is 31.0 Å². The van der Waals surface area contributed by atoms with Crippen LogP contribution in [0.1, 0.15) is 30.0 Å². The number of amides is 2. The van der Waals surface area contributed by atoms with Crippen molar-refractivity contribution in [2.75, 3.05) is 19.8 Å². The number of carbonyl (C=O) groups excluding carboxylic acids is 2. The molecule has 31 heavy (non-hydrogen) atoms. The Hall–Kier alpha value is -2.64. The van der Waals surface area contributed by atoms with Crippen molar-refractivity contribution in [3.05, 3.63) is 56.9 Å². The molecule has 0 atom stereocenters. The van der Waals surface area contributed by atoms with Gasteiger partial charge in [0.2, 0.25) is 0 Å². The number of nitrogens with one attached hydrogen (secondary N) is 1. The van der Waals surface area contributed by atoms with Gasteiger partial charge in [0.05, 0.1) is 29.7 Å². The molecule has 0 unspecified atom stereocenters. The quantitative estimate of drug-likeness (QED) is 0.391. The van der Waals surface area contributed by atoms with E-state index < -0.39 is 11.1 Å². The molecule has 0 aliphatic carbocycles. The Morgan fingerprint density at radius 2 is 1.71 bits per heavy atom. The average molecular weight is 462 g/mol. The monoisotopic (exact) mass is 461 g/mol. The van der Waals surface area contributed by atoms with Gasteiger partial charge in [0.25, 0.3) is 11.1 Å². The molecule has 2 aromatic carbocycles. The zero-order chi connectivity index (χ0) is 22.4. The van der Waals surface area contributed by atoms with E-state index in [1.807, 2.05) is 32.9 Å². The smallest absolute Gasteiger partial charge is 0.290 e. The van der Waals surface area contributed by atoms with Gasteiger partial charge < -0.3 is 14.2 Å². The second kappa shape index (κ2) is 10.6. The van der Waals surface area contributed by atoms with Gasteiger partial charge in [-0.25, -0.2) is 0 Å². The lowest BCUT2D eigenvalue weighted by Crippen LogP contribution is -2.17. The Kier molecular flexibility index (Phi) is 7.87. The molecule has 0 saturated carbocycles. The topological polar surface area (TPSA) is 73.9 Å². The number of ether oxygens (including phenoxy) is 3. The highest BCUT2D eigenvalue weighted by Crippen LogP contribution is 2.38. The second-order valence-electron chi connectivity index (χ2n) is 6.99. The maximum atomic E-state index is 11.8. The Morgan fingerprint density at radius 3 is 2.35 bits per heavy atom. The van der Waals surface area contributed by atoms with Gasteiger partial charge in [0.1, 0.15) is 5.75 Å². The van der Waals surface area contributed by atoms with Crippen LogP contribution in [0.5, 0.6) is 17.2 Å². The minimum atomic E-state index is -0.423. The van der Waals surface area contributed by atoms with Crippen LogP contribution in [0.15, 0.2) is 35.2 Å². The summed E-state index contributed by atoms with van der Waals surface area (Å²) in [7, 11) is 0. The third-order valence-electron chi connectivity index (χ3n) is 4.27. The van der Waals surface area contributed by atoms with Gasteiger partial charge in [-0.2, -0.15) is 0 Å². The van der Waals surface area contributed by atoms with Crippen LogP contribution < -0.4 is 19.5 Å². The summed E-state index contributed by atoms with van der Waals surface area (Å²) in [5, 5.41) is 2.20. The van der Waals surface area contributed by atoms with E-state index >= 15 is 0 Å². The van der Waals surface area contributed by atoms with E-state index in [-0.39, 0.29) is 0 Å². The maximum absolute atomic E-state index is 11.8. The van der Waals surface area contributed by atoms with Crippen molar-refractivity contribution in [1.82, 2.24) is 5.32 Å². The number of carbonyl (C=O) groups is 2. The Morgan fingerprint density at radius 1 is 1.00 bits per heavy atom. The van der Waals surface area contributed by atoms with Crippen LogP contribution in [0.4, 0.5) is 4.79 Å². The SMILES string of the molecule is CCOc1cc(C=C2SC(=O)NC2=O)cc(Cl)c1OCCCOc1cc(C)cc(C)c1. The minimum Gasteiger partial charge on any atom is -0.493 e. The van der Waals surface area contributed by atoms with E-state index in [1.165, 1.54) is 0 Å². The predicted molar refractivity (Wildman–Crippen MR) is 123 cm³/mol. The molecule has 164 valence electrons. The normalized spacial score (nSPS) is 14.6. The Labute approximate surface area is 190 Å². The number of halogens is 1. The van der Waals surface area contributed by atoms with Gasteiger partial charge in [-0.05, 0) is 79.6 Å². The van der Waals surface area contributed by atoms with Crippen LogP contribution in [0.3, 0.4) is 0 Å². The summed E-state index contributed by atoms with van der Waals surface area (Å²) in [6, 6.07) is 9.52. The molecule has 8 heteroatoms. The summed E-state index contributed by atoms with van der Waals surface area (Å²) in [5.74, 6) is 1.34. The molecule has 1 fully saturated rings. The molecule has 0 radical (unpaired) electrons. The highest BCUT2D eigenvalue weighted by atomic mass is 35.5. The number of rotatable bonds is 9. The van der Waals surface area contributed by atoms with Crippen molar-refractivity contribution in [3.63, 3.8) is 0 Å². The second-order valence-corrected chi connectivity index (χ2v) is 8.41. The van der Waals surface area contributed by atoms with Gasteiger partial charge in [0.15, 0.2) is 11.5 Å². The lowest BCUT2D eigenvalue weighted by atomic mass is 10.1. The third kappa shape index (κ3) is 6.42. The molecule has 1 aliphatic rings. The molecule has 1 heterocycles. The van der Waals surface area contributed by atoms with Gasteiger partial charge in [-0.1, -0.05) is 17.7 Å². The molecular formula is C23H24ClNO5S. The molecular weight excluding hydrogens is 438 g/mol. The standard InChI is InChI=1S/C23H24ClNO5S/c1-4-28-19-12-16(13-20-22(26)25-23(27)31-20)11-18(24)21(19)30-7-5-6-29-17-9-14(2)8-15(3)10-17/h8-13H,4-7H2,1-3H3,(H,25,26,27). The Balaban J connectivity index is 1.63. The van der Waals surface area contributed by atoms with Crippen LogP contribution in [-0.2, 0) is 4.79 Å². The van der Waals surface area contributed by atoms with Gasteiger partial charge in [0, 0.05) is 6.42 Å². The molecule has 1 aliphatic heterocycles. The average Bonchev–Trinajstić information content (AvgIpc) is 2.99. The van der Waals surface area contributed by atoms with E-state index in [2.05, 4.69) is 11.4 Å². The first kappa shape index (κ1) is 23.0. The van der Waals surface area contributed by atoms with Crippen molar-refractivity contribution >= 4 is 40.6 Å². The molecule has 1 N–H and O–H groups in total. The molecule has 2 aromatic rings. The lowest BCUT2D eigenvalue weighted by Gasteiger charge is -2.15. The molecule has 0 bridgehead atoms. The minimum absolute atomic E-state index is 0.306. The molecule has 3 rings (SSSR count). The van der Waals surface area contributed by atoms with E-state index in [0.717, 1.165) is 28.6 Å². The van der Waals surface area contributed by atoms with Crippen molar-refractivity contribution in [3.8, 4) is 17.2 Å². The van der Waals surface area contributed by atoms with Crippen LogP contribution in [0, 0.1) is 13.8 Å². The fraction of sp³-hybridized carbons (Fsp3) is 0.304. The number of aryl methyl sites for hydroxylation is 2. The summed E-state index contributed by atoms with van der Waals surface area (Å²) in [6.07, 6.45) is 2.26. The van der Waals surface area contributed by atoms with E-state index in [1.54, 1.807) is 18.2 Å². The van der Waals surface area contributed by atoms with Crippen molar-refractivity contribution < 1.29 is 23.8 Å². The number of thioether (sulfide) groups is 1. The molecule has 2 amide bonds. The van der Waals surface area contributed by atoms with Crippen molar-refractivity contribution in [2.45, 2.75) is 27.2 Å². The van der Waals surface area contributed by atoms with E-state index in [4.69, 9.17) is 25.8 Å². The fourth-order valence-electron chi connectivity index (χ4n) is 3.09. The lowest BCUT2D eigenvalue weighted by molar-refractivity contribution is -0.115. The molecule has 0 aromatic heterocycles.